The molecule has 0 aliphatic carbocycles. The molecule has 0 aliphatic rings. The van der Waals surface area contributed by atoms with Gasteiger partial charge in [-0.05, 0) is 19.8 Å². The first kappa shape index (κ1) is 14.7. The molecule has 0 aliphatic heterocycles. The highest BCUT2D eigenvalue weighted by atomic mass is 16.5. The van der Waals surface area contributed by atoms with E-state index >= 15 is 0 Å². The largest absolute Gasteiger partial charge is 0.480 e. The van der Waals surface area contributed by atoms with E-state index in [-0.39, 0.29) is 0 Å². The molecule has 0 aromatic carbocycles. The molecule has 5 heteroatoms. The van der Waals surface area contributed by atoms with E-state index in [9.17, 15) is 9.59 Å². The number of carbonyl (C=O) groups is 2. The first-order chi connectivity index (χ1) is 7.46. The summed E-state index contributed by atoms with van der Waals surface area (Å²) in [6.45, 7) is 5.66. The zero-order valence-corrected chi connectivity index (χ0v) is 10.2. The number of carboxylic acids is 1. The predicted octanol–water partition coefficient (Wildman–Crippen LogP) is 2.16. The van der Waals surface area contributed by atoms with E-state index < -0.39 is 17.6 Å². The lowest BCUT2D eigenvalue weighted by Crippen LogP contribution is -2.52. The van der Waals surface area contributed by atoms with Crippen LogP contribution in [0.2, 0.25) is 0 Å². The summed E-state index contributed by atoms with van der Waals surface area (Å²) >= 11 is 0. The number of carboxylic acid groups (broad SMARTS) is 1. The summed E-state index contributed by atoms with van der Waals surface area (Å²) in [5, 5.41) is 11.4. The van der Waals surface area contributed by atoms with E-state index in [0.717, 1.165) is 12.8 Å². The Hall–Kier alpha value is -1.26. The maximum atomic E-state index is 11.3. The van der Waals surface area contributed by atoms with Crippen LogP contribution in [0.25, 0.3) is 0 Å². The number of ether oxygens (including phenoxy) is 1. The molecule has 0 bridgehead atoms. The van der Waals surface area contributed by atoms with Crippen LogP contribution in [-0.4, -0.2) is 29.3 Å². The highest BCUT2D eigenvalue weighted by Crippen LogP contribution is 2.12. The molecule has 1 amide bonds. The smallest absolute Gasteiger partial charge is 0.408 e. The van der Waals surface area contributed by atoms with E-state index in [1.807, 2.05) is 13.8 Å². The minimum absolute atomic E-state index is 0.324. The third kappa shape index (κ3) is 5.00. The van der Waals surface area contributed by atoms with Gasteiger partial charge in [0.1, 0.15) is 5.54 Å². The van der Waals surface area contributed by atoms with Crippen molar-refractivity contribution in [3.05, 3.63) is 0 Å². The average Bonchev–Trinajstić information content (AvgIpc) is 2.18. The summed E-state index contributed by atoms with van der Waals surface area (Å²) in [5.41, 5.74) is -1.24. The second-order valence-electron chi connectivity index (χ2n) is 4.00. The number of nitrogens with one attached hydrogen (secondary N) is 1. The Labute approximate surface area is 96.2 Å². The molecule has 0 saturated heterocycles. The van der Waals surface area contributed by atoms with E-state index in [2.05, 4.69) is 5.32 Å². The van der Waals surface area contributed by atoms with Crippen molar-refractivity contribution >= 4 is 12.1 Å². The van der Waals surface area contributed by atoms with Crippen molar-refractivity contribution in [1.29, 1.82) is 0 Å². The Morgan fingerprint density at radius 3 is 2.38 bits per heavy atom. The number of unbranched alkanes of at least 4 members (excludes halogenated alkanes) is 1. The van der Waals surface area contributed by atoms with Gasteiger partial charge < -0.3 is 15.2 Å². The van der Waals surface area contributed by atoms with Gasteiger partial charge in [0.25, 0.3) is 0 Å². The van der Waals surface area contributed by atoms with Gasteiger partial charge in [-0.25, -0.2) is 9.59 Å². The standard InChI is InChI=1S/C11H21NO4/c1-4-6-8-16-10(15)12-11(3,7-5-2)9(13)14/h4-8H2,1-3H3,(H,12,15)(H,13,14). The molecular formula is C11H21NO4. The molecule has 1 unspecified atom stereocenters. The van der Waals surface area contributed by atoms with Crippen molar-refractivity contribution < 1.29 is 19.4 Å². The van der Waals surface area contributed by atoms with E-state index in [4.69, 9.17) is 9.84 Å². The molecule has 0 rings (SSSR count). The molecule has 2 N–H and O–H groups in total. The van der Waals surface area contributed by atoms with Crippen molar-refractivity contribution in [2.45, 2.75) is 52.0 Å². The molecule has 0 spiro atoms. The molecule has 0 saturated carbocycles. The summed E-state index contributed by atoms with van der Waals surface area (Å²) in [5.74, 6) is -1.04. The Morgan fingerprint density at radius 2 is 1.94 bits per heavy atom. The Morgan fingerprint density at radius 1 is 1.31 bits per heavy atom. The van der Waals surface area contributed by atoms with Crippen molar-refractivity contribution in [3.8, 4) is 0 Å². The molecule has 16 heavy (non-hydrogen) atoms. The molecule has 0 aromatic rings. The van der Waals surface area contributed by atoms with Crippen LogP contribution in [0.1, 0.15) is 46.5 Å². The normalized spacial score (nSPS) is 13.9. The van der Waals surface area contributed by atoms with Gasteiger partial charge in [-0.3, -0.25) is 0 Å². The van der Waals surface area contributed by atoms with Gasteiger partial charge in [-0.1, -0.05) is 26.7 Å². The minimum Gasteiger partial charge on any atom is -0.480 e. The number of carbonyl (C=O) groups excluding carboxylic acids is 1. The highest BCUT2D eigenvalue weighted by molar-refractivity contribution is 5.83. The lowest BCUT2D eigenvalue weighted by Gasteiger charge is -2.25. The maximum absolute atomic E-state index is 11.3. The van der Waals surface area contributed by atoms with E-state index in [0.29, 0.717) is 19.4 Å². The number of hydrogen-bond donors (Lipinski definition) is 2. The second kappa shape index (κ2) is 7.09. The van der Waals surface area contributed by atoms with Crippen molar-refractivity contribution in [2.75, 3.05) is 6.61 Å². The Balaban J connectivity index is 4.19. The Bertz CT molecular complexity index is 242. The van der Waals surface area contributed by atoms with Gasteiger partial charge in [-0.15, -0.1) is 0 Å². The molecule has 0 heterocycles. The fraction of sp³-hybridized carbons (Fsp3) is 0.818. The summed E-state index contributed by atoms with van der Waals surface area (Å²) in [6, 6.07) is 0. The van der Waals surface area contributed by atoms with Gasteiger partial charge in [0.15, 0.2) is 0 Å². The summed E-state index contributed by atoms with van der Waals surface area (Å²) in [6.07, 6.45) is 2.11. The highest BCUT2D eigenvalue weighted by Gasteiger charge is 2.34. The van der Waals surface area contributed by atoms with Crippen LogP contribution in [-0.2, 0) is 9.53 Å². The second-order valence-corrected chi connectivity index (χ2v) is 4.00. The quantitative estimate of drug-likeness (QED) is 0.658. The average molecular weight is 231 g/mol. The fourth-order valence-electron chi connectivity index (χ4n) is 1.29. The number of alkyl carbamates (subject to hydrolysis) is 1. The molecule has 0 aromatic heterocycles. The zero-order valence-electron chi connectivity index (χ0n) is 10.2. The van der Waals surface area contributed by atoms with E-state index in [1.54, 1.807) is 0 Å². The minimum atomic E-state index is -1.24. The molecule has 1 atom stereocenters. The molecule has 0 radical (unpaired) electrons. The lowest BCUT2D eigenvalue weighted by molar-refractivity contribution is -0.144. The summed E-state index contributed by atoms with van der Waals surface area (Å²) in [7, 11) is 0. The van der Waals surface area contributed by atoms with Crippen LogP contribution in [0.3, 0.4) is 0 Å². The van der Waals surface area contributed by atoms with Gasteiger partial charge in [-0.2, -0.15) is 0 Å². The summed E-state index contributed by atoms with van der Waals surface area (Å²) in [4.78, 5) is 22.3. The number of rotatable bonds is 7. The van der Waals surface area contributed by atoms with Crippen LogP contribution in [0.15, 0.2) is 0 Å². The van der Waals surface area contributed by atoms with Crippen molar-refractivity contribution in [1.82, 2.24) is 5.32 Å². The summed E-state index contributed by atoms with van der Waals surface area (Å²) < 4.78 is 4.86. The molecule has 5 nitrogen and oxygen atoms in total. The lowest BCUT2D eigenvalue weighted by atomic mass is 9.97. The Kier molecular flexibility index (Phi) is 6.53. The first-order valence-corrected chi connectivity index (χ1v) is 5.64. The monoisotopic (exact) mass is 231 g/mol. The fourth-order valence-corrected chi connectivity index (χ4v) is 1.29. The topological polar surface area (TPSA) is 75.6 Å². The van der Waals surface area contributed by atoms with Gasteiger partial charge in [0, 0.05) is 0 Å². The number of hydrogen-bond acceptors (Lipinski definition) is 3. The first-order valence-electron chi connectivity index (χ1n) is 5.64. The van der Waals surface area contributed by atoms with Gasteiger partial charge >= 0.3 is 12.1 Å². The third-order valence-electron chi connectivity index (χ3n) is 2.33. The van der Waals surface area contributed by atoms with Crippen LogP contribution in [0.4, 0.5) is 4.79 Å². The van der Waals surface area contributed by atoms with Gasteiger partial charge in [0.2, 0.25) is 0 Å². The molecule has 0 fully saturated rings. The number of aliphatic carboxylic acids is 1. The molecule has 94 valence electrons. The van der Waals surface area contributed by atoms with Crippen molar-refractivity contribution in [3.63, 3.8) is 0 Å². The SMILES string of the molecule is CCCCOC(=O)NC(C)(CCC)C(=O)O. The van der Waals surface area contributed by atoms with E-state index in [1.165, 1.54) is 6.92 Å². The van der Waals surface area contributed by atoms with Crippen LogP contribution < -0.4 is 5.32 Å². The van der Waals surface area contributed by atoms with Crippen molar-refractivity contribution in [2.24, 2.45) is 0 Å². The van der Waals surface area contributed by atoms with Crippen LogP contribution in [0, 0.1) is 0 Å². The maximum Gasteiger partial charge on any atom is 0.408 e. The van der Waals surface area contributed by atoms with Crippen LogP contribution >= 0.6 is 0 Å². The number of amides is 1. The zero-order chi connectivity index (χ0) is 12.6. The predicted molar refractivity (Wildman–Crippen MR) is 60.3 cm³/mol. The van der Waals surface area contributed by atoms with Gasteiger partial charge in [0.05, 0.1) is 6.61 Å². The third-order valence-corrected chi connectivity index (χ3v) is 2.33. The molecular weight excluding hydrogens is 210 g/mol. The van der Waals surface area contributed by atoms with Crippen LogP contribution in [0.5, 0.6) is 0 Å².